The molecule has 1 N–H and O–H groups in total. The maximum absolute atomic E-state index is 13.5. The largest absolute Gasteiger partial charge is 0.497 e. The van der Waals surface area contributed by atoms with Gasteiger partial charge >= 0.3 is 0 Å². The van der Waals surface area contributed by atoms with Crippen molar-refractivity contribution in [2.45, 2.75) is 45.1 Å². The Morgan fingerprint density at radius 1 is 1.24 bits per heavy atom. The van der Waals surface area contributed by atoms with Crippen LogP contribution in [0.3, 0.4) is 0 Å². The number of carbonyl (C=O) groups excluding carboxylic acids is 1. The summed E-state index contributed by atoms with van der Waals surface area (Å²) in [7, 11) is 3.34. The van der Waals surface area contributed by atoms with Crippen LogP contribution in [0.25, 0.3) is 0 Å². The number of benzene rings is 1. The van der Waals surface area contributed by atoms with Crippen LogP contribution in [-0.2, 0) is 4.79 Å². The highest BCUT2D eigenvalue weighted by Gasteiger charge is 2.57. The molecule has 2 fully saturated rings. The van der Waals surface area contributed by atoms with E-state index in [2.05, 4.69) is 32.2 Å². The van der Waals surface area contributed by atoms with Crippen molar-refractivity contribution < 1.29 is 14.3 Å². The molecule has 0 aliphatic carbocycles. The minimum atomic E-state index is -0.382. The number of hydrogen-bond donors (Lipinski definition) is 1. The van der Waals surface area contributed by atoms with E-state index in [0.717, 1.165) is 49.5 Å². The zero-order valence-electron chi connectivity index (χ0n) is 16.0. The normalized spacial score (nSPS) is 27.0. The maximum Gasteiger partial charge on any atom is 0.231 e. The highest BCUT2D eigenvalue weighted by molar-refractivity contribution is 5.88. The molecule has 2 atom stereocenters. The van der Waals surface area contributed by atoms with Gasteiger partial charge in [0.15, 0.2) is 0 Å². The van der Waals surface area contributed by atoms with E-state index < -0.39 is 0 Å². The molecule has 2 aliphatic rings. The first-order chi connectivity index (χ1) is 11.8. The molecule has 1 aromatic rings. The van der Waals surface area contributed by atoms with Gasteiger partial charge in [-0.25, -0.2) is 0 Å². The van der Waals surface area contributed by atoms with Gasteiger partial charge in [-0.3, -0.25) is 4.79 Å². The third-order valence-electron chi connectivity index (χ3n) is 5.75. The van der Waals surface area contributed by atoms with Crippen LogP contribution >= 0.6 is 0 Å². The molecule has 1 spiro atoms. The lowest BCUT2D eigenvalue weighted by Crippen LogP contribution is -2.50. The number of ether oxygens (including phenoxy) is 2. The van der Waals surface area contributed by atoms with Gasteiger partial charge in [-0.15, -0.1) is 0 Å². The van der Waals surface area contributed by atoms with Crippen molar-refractivity contribution in [3.63, 3.8) is 0 Å². The van der Waals surface area contributed by atoms with E-state index >= 15 is 0 Å². The molecule has 2 saturated heterocycles. The molecular weight excluding hydrogens is 316 g/mol. The third kappa shape index (κ3) is 2.99. The van der Waals surface area contributed by atoms with E-state index in [1.54, 1.807) is 14.2 Å². The summed E-state index contributed by atoms with van der Waals surface area (Å²) in [6, 6.07) is 5.95. The predicted octanol–water partition coefficient (Wildman–Crippen LogP) is 2.80. The van der Waals surface area contributed by atoms with Crippen molar-refractivity contribution in [3.8, 4) is 11.5 Å². The van der Waals surface area contributed by atoms with E-state index in [1.807, 2.05) is 17.0 Å². The van der Waals surface area contributed by atoms with Crippen molar-refractivity contribution >= 4 is 5.91 Å². The molecule has 138 valence electrons. The summed E-state index contributed by atoms with van der Waals surface area (Å²) in [4.78, 5) is 15.5. The standard InChI is InChI=1S/C20H30N2O3/c1-19(2,3)22-12-16(20(18(22)23)9-6-10-21-13-20)15-8-7-14(24-4)11-17(15)25-5/h7-8,11,16,21H,6,9-10,12-13H2,1-5H3/t16-,20+/m0/s1. The van der Waals surface area contributed by atoms with Gasteiger partial charge in [0.25, 0.3) is 0 Å². The topological polar surface area (TPSA) is 50.8 Å². The number of methoxy groups -OCH3 is 2. The Morgan fingerprint density at radius 2 is 2.00 bits per heavy atom. The molecule has 0 aromatic heterocycles. The second-order valence-corrected chi connectivity index (χ2v) is 8.18. The summed E-state index contributed by atoms with van der Waals surface area (Å²) < 4.78 is 11.0. The van der Waals surface area contributed by atoms with Gasteiger partial charge in [-0.05, 0) is 46.2 Å². The SMILES string of the molecule is COc1ccc([C@@H]2CN(C(C)(C)C)C(=O)[C@@]23CCCNC3)c(OC)c1. The highest BCUT2D eigenvalue weighted by atomic mass is 16.5. The smallest absolute Gasteiger partial charge is 0.231 e. The molecule has 25 heavy (non-hydrogen) atoms. The minimum absolute atomic E-state index is 0.118. The van der Waals surface area contributed by atoms with E-state index in [9.17, 15) is 4.79 Å². The lowest BCUT2D eigenvalue weighted by atomic mass is 9.69. The number of rotatable bonds is 3. The molecule has 3 rings (SSSR count). The lowest BCUT2D eigenvalue weighted by Gasteiger charge is -2.38. The van der Waals surface area contributed by atoms with Gasteiger partial charge in [-0.2, -0.15) is 0 Å². The molecule has 0 bridgehead atoms. The number of likely N-dealkylation sites (tertiary alicyclic amines) is 1. The van der Waals surface area contributed by atoms with E-state index in [1.165, 1.54) is 0 Å². The molecule has 0 radical (unpaired) electrons. The number of carbonyl (C=O) groups is 1. The quantitative estimate of drug-likeness (QED) is 0.914. The zero-order valence-corrected chi connectivity index (χ0v) is 16.0. The summed E-state index contributed by atoms with van der Waals surface area (Å²) in [6.07, 6.45) is 1.95. The second-order valence-electron chi connectivity index (χ2n) is 8.18. The van der Waals surface area contributed by atoms with Crippen molar-refractivity contribution in [1.29, 1.82) is 0 Å². The summed E-state index contributed by atoms with van der Waals surface area (Å²) >= 11 is 0. The zero-order chi connectivity index (χ0) is 18.2. The van der Waals surface area contributed by atoms with Crippen molar-refractivity contribution in [2.75, 3.05) is 33.9 Å². The molecule has 2 heterocycles. The molecule has 0 saturated carbocycles. The molecule has 1 aromatic carbocycles. The summed E-state index contributed by atoms with van der Waals surface area (Å²) in [5, 5.41) is 3.47. The molecular formula is C20H30N2O3. The Hall–Kier alpha value is -1.75. The van der Waals surface area contributed by atoms with E-state index in [4.69, 9.17) is 9.47 Å². The molecule has 1 amide bonds. The Balaban J connectivity index is 2.08. The van der Waals surface area contributed by atoms with Crippen LogP contribution in [0.1, 0.15) is 45.1 Å². The van der Waals surface area contributed by atoms with Crippen LogP contribution in [0.4, 0.5) is 0 Å². The fourth-order valence-corrected chi connectivity index (χ4v) is 4.35. The first kappa shape index (κ1) is 18.1. The van der Waals surface area contributed by atoms with Crippen LogP contribution < -0.4 is 14.8 Å². The summed E-state index contributed by atoms with van der Waals surface area (Å²) in [6.45, 7) is 8.79. The van der Waals surface area contributed by atoms with Crippen molar-refractivity contribution in [3.05, 3.63) is 23.8 Å². The third-order valence-corrected chi connectivity index (χ3v) is 5.75. The van der Waals surface area contributed by atoms with Gasteiger partial charge in [0.2, 0.25) is 5.91 Å². The number of nitrogens with one attached hydrogen (secondary N) is 1. The monoisotopic (exact) mass is 346 g/mol. The van der Waals surface area contributed by atoms with Crippen LogP contribution in [0.2, 0.25) is 0 Å². The maximum atomic E-state index is 13.5. The Morgan fingerprint density at radius 3 is 2.56 bits per heavy atom. The lowest BCUT2D eigenvalue weighted by molar-refractivity contribution is -0.141. The second kappa shape index (κ2) is 6.52. The predicted molar refractivity (Wildman–Crippen MR) is 98.3 cm³/mol. The number of amides is 1. The van der Waals surface area contributed by atoms with Gasteiger partial charge < -0.3 is 19.7 Å². The average molecular weight is 346 g/mol. The van der Waals surface area contributed by atoms with Crippen molar-refractivity contribution in [2.24, 2.45) is 5.41 Å². The molecule has 2 aliphatic heterocycles. The Labute approximate surface area is 150 Å². The Kier molecular flexibility index (Phi) is 4.71. The average Bonchev–Trinajstić information content (AvgIpc) is 2.87. The van der Waals surface area contributed by atoms with Crippen LogP contribution in [0.15, 0.2) is 18.2 Å². The van der Waals surface area contributed by atoms with E-state index in [-0.39, 0.29) is 22.8 Å². The van der Waals surface area contributed by atoms with Gasteiger partial charge in [-0.1, -0.05) is 6.07 Å². The van der Waals surface area contributed by atoms with Gasteiger partial charge in [0, 0.05) is 36.2 Å². The summed E-state index contributed by atoms with van der Waals surface area (Å²) in [5.74, 6) is 1.97. The van der Waals surface area contributed by atoms with Crippen molar-refractivity contribution in [1.82, 2.24) is 10.2 Å². The first-order valence-corrected chi connectivity index (χ1v) is 9.08. The Bertz CT molecular complexity index is 645. The fourth-order valence-electron chi connectivity index (χ4n) is 4.35. The van der Waals surface area contributed by atoms with Crippen LogP contribution in [0, 0.1) is 5.41 Å². The van der Waals surface area contributed by atoms with Crippen LogP contribution in [-0.4, -0.2) is 50.2 Å². The fraction of sp³-hybridized carbons (Fsp3) is 0.650. The molecule has 5 nitrogen and oxygen atoms in total. The molecule has 0 unspecified atom stereocenters. The molecule has 5 heteroatoms. The number of hydrogen-bond acceptors (Lipinski definition) is 4. The number of nitrogens with zero attached hydrogens (tertiary/aromatic N) is 1. The van der Waals surface area contributed by atoms with Crippen LogP contribution in [0.5, 0.6) is 11.5 Å². The minimum Gasteiger partial charge on any atom is -0.497 e. The number of piperidine rings is 1. The van der Waals surface area contributed by atoms with Gasteiger partial charge in [0.1, 0.15) is 11.5 Å². The van der Waals surface area contributed by atoms with Gasteiger partial charge in [0.05, 0.1) is 19.6 Å². The summed E-state index contributed by atoms with van der Waals surface area (Å²) in [5.41, 5.74) is 0.538. The highest BCUT2D eigenvalue weighted by Crippen LogP contribution is 2.51. The first-order valence-electron chi connectivity index (χ1n) is 9.08. The van der Waals surface area contributed by atoms with E-state index in [0.29, 0.717) is 0 Å².